The van der Waals surface area contributed by atoms with Crippen molar-refractivity contribution in [3.8, 4) is 0 Å². The second-order valence-electron chi connectivity index (χ2n) is 3.07. The molecule has 15 heavy (non-hydrogen) atoms. The van der Waals surface area contributed by atoms with Gasteiger partial charge in [-0.1, -0.05) is 0 Å². The molecule has 2 rings (SSSR count). The van der Waals surface area contributed by atoms with Crippen molar-refractivity contribution in [1.29, 1.82) is 0 Å². The van der Waals surface area contributed by atoms with E-state index in [1.54, 1.807) is 0 Å². The van der Waals surface area contributed by atoms with Crippen LogP contribution in [0, 0.1) is 0 Å². The standard InChI is InChI=1S/2C4H8O.4BrH.Sn/c2*1-2-4-5-3-1;;;;;/h2*1-4H2;4*1H;/q;;;;;;+4/p-4. The van der Waals surface area contributed by atoms with E-state index >= 15 is 0 Å². The summed E-state index contributed by atoms with van der Waals surface area (Å²) < 4.78 is 9.89. The molecule has 7 heteroatoms. The van der Waals surface area contributed by atoms with Gasteiger partial charge < -0.3 is 9.47 Å². The molecule has 0 spiro atoms. The van der Waals surface area contributed by atoms with Crippen LogP contribution in [0.2, 0.25) is 0 Å². The summed E-state index contributed by atoms with van der Waals surface area (Å²) in [5.74, 6) is 0. The van der Waals surface area contributed by atoms with E-state index in [1.807, 2.05) is 0 Å². The van der Waals surface area contributed by atoms with Crippen LogP contribution in [0.15, 0.2) is 0 Å². The molecule has 0 saturated carbocycles. The van der Waals surface area contributed by atoms with Crippen molar-refractivity contribution in [3.05, 3.63) is 0 Å². The van der Waals surface area contributed by atoms with Crippen LogP contribution in [0.5, 0.6) is 0 Å². The first-order valence-electron chi connectivity index (χ1n) is 4.91. The van der Waals surface area contributed by atoms with Gasteiger partial charge >= 0.3 is 60.3 Å². The molecule has 92 valence electrons. The van der Waals surface area contributed by atoms with Crippen LogP contribution in [0.4, 0.5) is 0 Å². The Morgan fingerprint density at radius 3 is 0.867 bits per heavy atom. The van der Waals surface area contributed by atoms with Gasteiger partial charge in [0.2, 0.25) is 0 Å². The zero-order chi connectivity index (χ0) is 11.6. The first-order chi connectivity index (χ1) is 7.00. The summed E-state index contributed by atoms with van der Waals surface area (Å²) in [6, 6.07) is 0. The minimum absolute atomic E-state index is 1.00. The second kappa shape index (κ2) is 11.7. The third kappa shape index (κ3) is 22.3. The summed E-state index contributed by atoms with van der Waals surface area (Å²) in [5, 5.41) is 0. The molecular weight excluding hydrogens is 566 g/mol. The summed E-state index contributed by atoms with van der Waals surface area (Å²) in [5.41, 5.74) is 0. The minimum atomic E-state index is -1.93. The van der Waals surface area contributed by atoms with Gasteiger partial charge in [0.05, 0.1) is 0 Å². The predicted octanol–water partition coefficient (Wildman–Crippen LogP) is 4.60. The number of rotatable bonds is 0. The van der Waals surface area contributed by atoms with E-state index in [1.165, 1.54) is 25.7 Å². The summed E-state index contributed by atoms with van der Waals surface area (Å²) in [7, 11) is -1.93. The maximum absolute atomic E-state index is 4.94. The molecule has 0 aromatic carbocycles. The van der Waals surface area contributed by atoms with Gasteiger partial charge in [-0.15, -0.1) is 0 Å². The molecule has 2 heterocycles. The van der Waals surface area contributed by atoms with Crippen LogP contribution in [-0.2, 0) is 9.47 Å². The Bertz CT molecular complexity index is 104. The fraction of sp³-hybridized carbons (Fsp3) is 1.00. The SMILES string of the molecule is C1CCOC1.C1CCOC1.[Br][Sn]([Br])([Br])[Br]. The molecule has 2 aliphatic heterocycles. The topological polar surface area (TPSA) is 18.5 Å². The Morgan fingerprint density at radius 2 is 0.800 bits per heavy atom. The molecule has 2 fully saturated rings. The second-order valence-corrected chi connectivity index (χ2v) is 80.3. The number of hydrogen-bond acceptors (Lipinski definition) is 2. The molecule has 0 aromatic rings. The number of hydrogen-bond donors (Lipinski definition) is 0. The predicted molar refractivity (Wildman–Crippen MR) is 81.6 cm³/mol. The monoisotopic (exact) mass is 580 g/mol. The van der Waals surface area contributed by atoms with Gasteiger partial charge in [-0.2, -0.15) is 0 Å². The van der Waals surface area contributed by atoms with Crippen LogP contribution >= 0.6 is 50.8 Å². The van der Waals surface area contributed by atoms with Crippen molar-refractivity contribution in [3.63, 3.8) is 0 Å². The molecule has 0 unspecified atom stereocenters. The molecule has 0 N–H and O–H groups in total. The quantitative estimate of drug-likeness (QED) is 0.389. The van der Waals surface area contributed by atoms with Gasteiger partial charge in [-0.05, 0) is 25.7 Å². The fourth-order valence-corrected chi connectivity index (χ4v) is 1.02. The Hall–Kier alpha value is 2.64. The zero-order valence-electron chi connectivity index (χ0n) is 8.49. The van der Waals surface area contributed by atoms with Crippen molar-refractivity contribution in [1.82, 2.24) is 0 Å². The van der Waals surface area contributed by atoms with E-state index in [0.717, 1.165) is 26.4 Å². The molecule has 2 saturated heterocycles. The van der Waals surface area contributed by atoms with Gasteiger partial charge in [0.25, 0.3) is 0 Å². The fourth-order valence-electron chi connectivity index (χ4n) is 1.02. The summed E-state index contributed by atoms with van der Waals surface area (Å²) >= 11 is 13.3. The Morgan fingerprint density at radius 1 is 0.600 bits per heavy atom. The Kier molecular flexibility index (Phi) is 13.8. The van der Waals surface area contributed by atoms with Crippen LogP contribution in [0.3, 0.4) is 0 Å². The van der Waals surface area contributed by atoms with Gasteiger partial charge in [0.1, 0.15) is 0 Å². The van der Waals surface area contributed by atoms with Crippen molar-refractivity contribution in [2.75, 3.05) is 26.4 Å². The summed E-state index contributed by atoms with van der Waals surface area (Å²) in [4.78, 5) is 0. The Labute approximate surface area is 120 Å². The molecule has 0 atom stereocenters. The Balaban J connectivity index is 0.000000196. The van der Waals surface area contributed by atoms with E-state index in [2.05, 4.69) is 50.8 Å². The average molecular weight is 583 g/mol. The van der Waals surface area contributed by atoms with Crippen molar-refractivity contribution in [2.24, 2.45) is 0 Å². The third-order valence-corrected chi connectivity index (χ3v) is 1.65. The molecule has 0 radical (unpaired) electrons. The van der Waals surface area contributed by atoms with Crippen molar-refractivity contribution in [2.45, 2.75) is 25.7 Å². The van der Waals surface area contributed by atoms with Crippen LogP contribution in [0.25, 0.3) is 0 Å². The first-order valence-corrected chi connectivity index (χ1v) is 30.5. The maximum atomic E-state index is 4.94. The van der Waals surface area contributed by atoms with Crippen LogP contribution in [-0.4, -0.2) is 35.9 Å². The molecule has 0 amide bonds. The van der Waals surface area contributed by atoms with E-state index in [0.29, 0.717) is 0 Å². The zero-order valence-corrected chi connectivity index (χ0v) is 17.7. The van der Waals surface area contributed by atoms with Gasteiger partial charge in [0.15, 0.2) is 0 Å². The molecule has 0 bridgehead atoms. The van der Waals surface area contributed by atoms with Crippen molar-refractivity contribution < 1.29 is 9.47 Å². The van der Waals surface area contributed by atoms with E-state index in [4.69, 9.17) is 9.47 Å². The average Bonchev–Trinajstić information content (AvgIpc) is 2.81. The van der Waals surface area contributed by atoms with E-state index < -0.39 is 9.49 Å². The summed E-state index contributed by atoms with van der Waals surface area (Å²) in [6.45, 7) is 4.00. The molecule has 0 aromatic heterocycles. The van der Waals surface area contributed by atoms with Gasteiger partial charge in [-0.3, -0.25) is 0 Å². The van der Waals surface area contributed by atoms with Crippen molar-refractivity contribution >= 4 is 60.3 Å². The van der Waals surface area contributed by atoms with Crippen LogP contribution in [0.1, 0.15) is 25.7 Å². The van der Waals surface area contributed by atoms with Gasteiger partial charge in [0, 0.05) is 26.4 Å². The van der Waals surface area contributed by atoms with E-state index in [-0.39, 0.29) is 0 Å². The normalized spacial score (nSPS) is 20.0. The summed E-state index contributed by atoms with van der Waals surface area (Å²) in [6.07, 6.45) is 5.11. The number of ether oxygens (including phenoxy) is 2. The van der Waals surface area contributed by atoms with Crippen LogP contribution < -0.4 is 0 Å². The van der Waals surface area contributed by atoms with Gasteiger partial charge in [-0.25, -0.2) is 0 Å². The molecule has 2 nitrogen and oxygen atoms in total. The molecular formula is C8H16Br4O2Sn. The van der Waals surface area contributed by atoms with E-state index in [9.17, 15) is 0 Å². The first kappa shape index (κ1) is 17.6. The molecule has 2 aliphatic rings. The number of halogens is 4. The third-order valence-electron chi connectivity index (χ3n) is 1.65. The molecule has 0 aliphatic carbocycles.